The smallest absolute Gasteiger partial charge is 0.135 e. The van der Waals surface area contributed by atoms with Crippen molar-refractivity contribution in [1.29, 1.82) is 0 Å². The quantitative estimate of drug-likeness (QED) is 0.599. The third-order valence-corrected chi connectivity index (χ3v) is 3.72. The van der Waals surface area contributed by atoms with Crippen molar-refractivity contribution in [2.45, 2.75) is 26.2 Å². The summed E-state index contributed by atoms with van der Waals surface area (Å²) in [5.74, 6) is 0.819. The molecule has 0 atom stereocenters. The van der Waals surface area contributed by atoms with E-state index in [9.17, 15) is 0 Å². The van der Waals surface area contributed by atoms with Gasteiger partial charge < -0.3 is 0 Å². The fourth-order valence-corrected chi connectivity index (χ4v) is 2.60. The molecule has 21 heavy (non-hydrogen) atoms. The number of aromatic nitrogens is 3. The summed E-state index contributed by atoms with van der Waals surface area (Å²) >= 11 is 3.50. The van der Waals surface area contributed by atoms with Crippen LogP contribution in [0.15, 0.2) is 47.3 Å². The first-order chi connectivity index (χ1) is 9.95. The number of fused-ring (bicyclic) bond motifs is 1. The normalized spacial score (nSPS) is 11.8. The van der Waals surface area contributed by atoms with E-state index in [1.165, 1.54) is 0 Å². The van der Waals surface area contributed by atoms with Gasteiger partial charge in [-0.25, -0.2) is 9.97 Å². The minimum atomic E-state index is -0.101. The average Bonchev–Trinajstić information content (AvgIpc) is 2.45. The average molecular weight is 342 g/mol. The van der Waals surface area contributed by atoms with Crippen LogP contribution in [0.2, 0.25) is 0 Å². The van der Waals surface area contributed by atoms with Crippen molar-refractivity contribution >= 4 is 26.7 Å². The lowest BCUT2D eigenvalue weighted by Crippen LogP contribution is -2.16. The summed E-state index contributed by atoms with van der Waals surface area (Å²) < 4.78 is 0.797. The summed E-state index contributed by atoms with van der Waals surface area (Å²) in [6.45, 7) is 6.33. The van der Waals surface area contributed by atoms with E-state index in [1.54, 1.807) is 0 Å². The summed E-state index contributed by atoms with van der Waals surface area (Å²) in [4.78, 5) is 13.6. The Hall–Kier alpha value is -1.81. The number of benzene rings is 1. The number of hydrogen-bond donors (Lipinski definition) is 0. The molecule has 2 aromatic heterocycles. The molecular formula is C17H16BrN3. The third-order valence-electron chi connectivity index (χ3n) is 3.31. The maximum absolute atomic E-state index is 4.74. The van der Waals surface area contributed by atoms with Crippen LogP contribution in [0.1, 0.15) is 26.6 Å². The number of hydrogen-bond acceptors (Lipinski definition) is 3. The molecular weight excluding hydrogens is 326 g/mol. The molecule has 0 N–H and O–H groups in total. The molecule has 0 bridgehead atoms. The Labute approximate surface area is 132 Å². The molecule has 0 fully saturated rings. The second kappa shape index (κ2) is 5.19. The zero-order chi connectivity index (χ0) is 15.0. The van der Waals surface area contributed by atoms with Gasteiger partial charge in [-0.1, -0.05) is 45.0 Å². The number of halogens is 1. The van der Waals surface area contributed by atoms with Gasteiger partial charge in [0.25, 0.3) is 0 Å². The van der Waals surface area contributed by atoms with Gasteiger partial charge in [-0.3, -0.25) is 4.98 Å². The van der Waals surface area contributed by atoms with Crippen LogP contribution >= 0.6 is 15.9 Å². The molecule has 0 spiro atoms. The molecule has 0 saturated heterocycles. The van der Waals surface area contributed by atoms with E-state index in [0.29, 0.717) is 0 Å². The van der Waals surface area contributed by atoms with Crippen LogP contribution in [0.3, 0.4) is 0 Å². The molecule has 3 aromatic rings. The van der Waals surface area contributed by atoms with Gasteiger partial charge in [-0.15, -0.1) is 0 Å². The summed E-state index contributed by atoms with van der Waals surface area (Å²) in [6, 6.07) is 10.2. The second-order valence-corrected chi connectivity index (χ2v) is 6.87. The van der Waals surface area contributed by atoms with Gasteiger partial charge in [0.15, 0.2) is 0 Å². The van der Waals surface area contributed by atoms with Crippen molar-refractivity contribution in [3.05, 3.63) is 53.2 Å². The van der Waals surface area contributed by atoms with Gasteiger partial charge in [0, 0.05) is 28.8 Å². The monoisotopic (exact) mass is 341 g/mol. The molecule has 106 valence electrons. The topological polar surface area (TPSA) is 38.7 Å². The van der Waals surface area contributed by atoms with Gasteiger partial charge in [-0.2, -0.15) is 0 Å². The minimum Gasteiger partial charge on any atom is -0.263 e. The van der Waals surface area contributed by atoms with Gasteiger partial charge >= 0.3 is 0 Å². The fraction of sp³-hybridized carbons (Fsp3) is 0.235. The molecule has 3 nitrogen and oxygen atoms in total. The molecule has 4 heteroatoms. The molecule has 0 radical (unpaired) electrons. The summed E-state index contributed by atoms with van der Waals surface area (Å²) in [6.07, 6.45) is 3.74. The number of rotatable bonds is 1. The number of pyridine rings is 1. The SMILES string of the molecule is CC(C)(C)c1nc(Br)cc(-c2cncc3ccccc23)n1. The standard InChI is InChI=1S/C17H16BrN3/c1-17(2,3)16-20-14(8-15(18)21-16)13-10-19-9-11-6-4-5-7-12(11)13/h4-10H,1-3H3. The van der Waals surface area contributed by atoms with Crippen molar-refractivity contribution in [3.63, 3.8) is 0 Å². The molecule has 1 aromatic carbocycles. The van der Waals surface area contributed by atoms with Crippen LogP contribution in [0.5, 0.6) is 0 Å². The van der Waals surface area contributed by atoms with Gasteiger partial charge in [0.1, 0.15) is 10.4 Å². The fourth-order valence-electron chi connectivity index (χ4n) is 2.21. The molecule has 0 saturated carbocycles. The van der Waals surface area contributed by atoms with Crippen molar-refractivity contribution in [2.24, 2.45) is 0 Å². The molecule has 3 rings (SSSR count). The molecule has 0 aliphatic rings. The van der Waals surface area contributed by atoms with Crippen LogP contribution in [-0.4, -0.2) is 15.0 Å². The Kier molecular flexibility index (Phi) is 3.49. The first-order valence-corrected chi connectivity index (χ1v) is 7.62. The Bertz CT molecular complexity index is 801. The summed E-state index contributed by atoms with van der Waals surface area (Å²) in [5.41, 5.74) is 1.82. The van der Waals surface area contributed by atoms with Crippen molar-refractivity contribution < 1.29 is 0 Å². The highest BCUT2D eigenvalue weighted by atomic mass is 79.9. The Morgan fingerprint density at radius 2 is 1.76 bits per heavy atom. The third kappa shape index (κ3) is 2.81. The molecule has 0 amide bonds. The van der Waals surface area contributed by atoms with Crippen molar-refractivity contribution in [1.82, 2.24) is 15.0 Å². The highest BCUT2D eigenvalue weighted by Gasteiger charge is 2.19. The maximum atomic E-state index is 4.74. The highest BCUT2D eigenvalue weighted by Crippen LogP contribution is 2.29. The lowest BCUT2D eigenvalue weighted by Gasteiger charge is -2.18. The van der Waals surface area contributed by atoms with E-state index >= 15 is 0 Å². The largest absolute Gasteiger partial charge is 0.263 e. The first-order valence-electron chi connectivity index (χ1n) is 6.83. The number of nitrogens with zero attached hydrogens (tertiary/aromatic N) is 3. The van der Waals surface area contributed by atoms with Gasteiger partial charge in [0.2, 0.25) is 0 Å². The van der Waals surface area contributed by atoms with E-state index < -0.39 is 0 Å². The van der Waals surface area contributed by atoms with E-state index in [-0.39, 0.29) is 5.41 Å². The van der Waals surface area contributed by atoms with Crippen molar-refractivity contribution in [2.75, 3.05) is 0 Å². The Balaban J connectivity index is 2.26. The van der Waals surface area contributed by atoms with Crippen LogP contribution in [-0.2, 0) is 5.41 Å². The van der Waals surface area contributed by atoms with E-state index in [1.807, 2.05) is 30.6 Å². The predicted molar refractivity (Wildman–Crippen MR) is 89.2 cm³/mol. The summed E-state index contributed by atoms with van der Waals surface area (Å²) in [5, 5.41) is 2.26. The Morgan fingerprint density at radius 1 is 1.00 bits per heavy atom. The van der Waals surface area contributed by atoms with Crippen molar-refractivity contribution in [3.8, 4) is 11.3 Å². The Morgan fingerprint density at radius 3 is 2.52 bits per heavy atom. The van der Waals surface area contributed by atoms with Crippen LogP contribution < -0.4 is 0 Å². The molecule has 0 aliphatic heterocycles. The van der Waals surface area contributed by atoms with E-state index in [2.05, 4.69) is 58.8 Å². The zero-order valence-corrected chi connectivity index (χ0v) is 13.8. The minimum absolute atomic E-state index is 0.101. The highest BCUT2D eigenvalue weighted by molar-refractivity contribution is 9.10. The predicted octanol–water partition coefficient (Wildman–Crippen LogP) is 4.75. The van der Waals surface area contributed by atoms with Gasteiger partial charge in [0.05, 0.1) is 5.69 Å². The maximum Gasteiger partial charge on any atom is 0.135 e. The van der Waals surface area contributed by atoms with Crippen LogP contribution in [0.25, 0.3) is 22.0 Å². The summed E-state index contributed by atoms with van der Waals surface area (Å²) in [7, 11) is 0. The molecule has 0 aliphatic carbocycles. The molecule has 0 unspecified atom stereocenters. The van der Waals surface area contributed by atoms with Crippen LogP contribution in [0, 0.1) is 0 Å². The lowest BCUT2D eigenvalue weighted by atomic mass is 9.95. The second-order valence-electron chi connectivity index (χ2n) is 6.06. The first kappa shape index (κ1) is 14.1. The van der Waals surface area contributed by atoms with Crippen LogP contribution in [0.4, 0.5) is 0 Å². The van der Waals surface area contributed by atoms with E-state index in [4.69, 9.17) is 4.98 Å². The van der Waals surface area contributed by atoms with Gasteiger partial charge in [-0.05, 0) is 27.4 Å². The molecule has 2 heterocycles. The lowest BCUT2D eigenvalue weighted by molar-refractivity contribution is 0.544. The zero-order valence-electron chi connectivity index (χ0n) is 12.3. The van der Waals surface area contributed by atoms with E-state index in [0.717, 1.165) is 32.5 Å².